The number of furan rings is 1. The number of hydrogen-bond donors (Lipinski definition) is 0. The lowest BCUT2D eigenvalue weighted by molar-refractivity contribution is 0.669. The van der Waals surface area contributed by atoms with Gasteiger partial charge in [0.25, 0.3) is 0 Å². The van der Waals surface area contributed by atoms with Crippen molar-refractivity contribution >= 4 is 66.8 Å². The van der Waals surface area contributed by atoms with Crippen LogP contribution in [0.25, 0.3) is 32.7 Å². The molecular weight excluding hydrogens is 524 g/mol. The van der Waals surface area contributed by atoms with E-state index in [0.29, 0.717) is 0 Å². The van der Waals surface area contributed by atoms with Gasteiger partial charge in [-0.25, -0.2) is 0 Å². The van der Waals surface area contributed by atoms with Crippen LogP contribution in [-0.2, 0) is 0 Å². The number of anilines is 6. The third-order valence-electron chi connectivity index (χ3n) is 7.98. The van der Waals surface area contributed by atoms with Gasteiger partial charge in [-0.1, -0.05) is 103 Å². The van der Waals surface area contributed by atoms with E-state index in [9.17, 15) is 0 Å². The first-order chi connectivity index (χ1) is 21.3. The fraction of sp³-hybridized carbons (Fsp3) is 0. The molecule has 0 saturated heterocycles. The van der Waals surface area contributed by atoms with E-state index in [1.54, 1.807) is 0 Å². The van der Waals surface area contributed by atoms with Gasteiger partial charge in [-0.2, -0.15) is 0 Å². The third-order valence-corrected chi connectivity index (χ3v) is 7.98. The van der Waals surface area contributed by atoms with Crippen molar-refractivity contribution in [3.63, 3.8) is 0 Å². The first-order valence-corrected chi connectivity index (χ1v) is 14.5. The minimum atomic E-state index is 0.851. The Labute approximate surface area is 250 Å². The zero-order valence-corrected chi connectivity index (χ0v) is 23.5. The molecule has 0 aliphatic carbocycles. The highest BCUT2D eigenvalue weighted by atomic mass is 16.3. The Balaban J connectivity index is 1.51. The molecule has 1 heterocycles. The average Bonchev–Trinajstić information content (AvgIpc) is 3.47. The van der Waals surface area contributed by atoms with Crippen molar-refractivity contribution in [3.05, 3.63) is 170 Å². The normalized spacial score (nSPS) is 11.3. The summed E-state index contributed by atoms with van der Waals surface area (Å²) in [6.07, 6.45) is 0. The largest absolute Gasteiger partial charge is 0.454 e. The van der Waals surface area contributed by atoms with E-state index in [2.05, 4.69) is 180 Å². The fourth-order valence-electron chi connectivity index (χ4n) is 6.09. The summed E-state index contributed by atoms with van der Waals surface area (Å²) >= 11 is 0. The van der Waals surface area contributed by atoms with E-state index < -0.39 is 0 Å². The van der Waals surface area contributed by atoms with Crippen molar-refractivity contribution < 1.29 is 4.42 Å². The molecule has 1 aromatic heterocycles. The third kappa shape index (κ3) is 4.39. The molecule has 0 fully saturated rings. The maximum atomic E-state index is 6.80. The summed E-state index contributed by atoms with van der Waals surface area (Å²) in [5.74, 6) is 0. The van der Waals surface area contributed by atoms with Crippen LogP contribution in [-0.4, -0.2) is 0 Å². The van der Waals surface area contributed by atoms with Crippen LogP contribution in [0, 0.1) is 0 Å². The molecule has 3 heteroatoms. The van der Waals surface area contributed by atoms with Crippen LogP contribution in [0.2, 0.25) is 0 Å². The topological polar surface area (TPSA) is 19.6 Å². The summed E-state index contributed by atoms with van der Waals surface area (Å²) in [4.78, 5) is 4.62. The molecule has 0 aliphatic rings. The van der Waals surface area contributed by atoms with Gasteiger partial charge in [0.2, 0.25) is 0 Å². The Kier molecular flexibility index (Phi) is 6.12. The standard InChI is InChI=1S/C40H28N2O/c1-5-16-30(17-6-1)41(31-18-7-2-8-19-31)34-27-36-39-35-24-14-13-15-29(35)25-26-38(39)43-40(36)37(28-34)42(32-20-9-3-10-21-32)33-22-11-4-12-23-33/h1-28H. The van der Waals surface area contributed by atoms with E-state index in [1.807, 2.05) is 0 Å². The summed E-state index contributed by atoms with van der Waals surface area (Å²) in [7, 11) is 0. The molecule has 0 aliphatic heterocycles. The molecule has 8 aromatic rings. The molecule has 7 aromatic carbocycles. The maximum Gasteiger partial charge on any atom is 0.159 e. The van der Waals surface area contributed by atoms with Crippen molar-refractivity contribution in [2.45, 2.75) is 0 Å². The van der Waals surface area contributed by atoms with Gasteiger partial charge in [0.05, 0.1) is 5.69 Å². The summed E-state index contributed by atoms with van der Waals surface area (Å²) in [5, 5.41) is 4.57. The van der Waals surface area contributed by atoms with E-state index in [1.165, 1.54) is 10.8 Å². The minimum Gasteiger partial charge on any atom is -0.454 e. The maximum absolute atomic E-state index is 6.80. The Morgan fingerprint density at radius 1 is 0.372 bits per heavy atom. The molecule has 8 rings (SSSR count). The number of nitrogens with zero attached hydrogens (tertiary/aromatic N) is 2. The highest BCUT2D eigenvalue weighted by Crippen LogP contribution is 2.47. The lowest BCUT2D eigenvalue weighted by atomic mass is 10.0. The van der Waals surface area contributed by atoms with Gasteiger partial charge in [0.1, 0.15) is 5.58 Å². The van der Waals surface area contributed by atoms with Crippen LogP contribution in [0.1, 0.15) is 0 Å². The summed E-state index contributed by atoms with van der Waals surface area (Å²) in [5.41, 5.74) is 8.04. The van der Waals surface area contributed by atoms with Crippen LogP contribution in [0.15, 0.2) is 174 Å². The second kappa shape index (κ2) is 10.6. The first-order valence-electron chi connectivity index (χ1n) is 14.5. The highest BCUT2D eigenvalue weighted by molar-refractivity contribution is 6.22. The van der Waals surface area contributed by atoms with E-state index in [0.717, 1.165) is 56.1 Å². The Hall–Kier alpha value is -5.80. The molecule has 0 N–H and O–H groups in total. The molecule has 0 amide bonds. The SMILES string of the molecule is c1ccc(N(c2ccccc2)c2cc(N(c3ccccc3)c3ccccc3)c3oc4ccc5ccccc5c4c3c2)cc1. The number of hydrogen-bond acceptors (Lipinski definition) is 3. The zero-order chi connectivity index (χ0) is 28.6. The average molecular weight is 553 g/mol. The predicted octanol–water partition coefficient (Wildman–Crippen LogP) is 11.7. The molecule has 3 nitrogen and oxygen atoms in total. The molecule has 0 radical (unpaired) electrons. The van der Waals surface area contributed by atoms with Gasteiger partial charge < -0.3 is 14.2 Å². The van der Waals surface area contributed by atoms with E-state index >= 15 is 0 Å². The van der Waals surface area contributed by atoms with E-state index in [-0.39, 0.29) is 0 Å². The van der Waals surface area contributed by atoms with Crippen LogP contribution in [0.4, 0.5) is 34.1 Å². The highest BCUT2D eigenvalue weighted by Gasteiger charge is 2.24. The van der Waals surface area contributed by atoms with Gasteiger partial charge in [-0.15, -0.1) is 0 Å². The number of para-hydroxylation sites is 4. The minimum absolute atomic E-state index is 0.851. The molecule has 0 spiro atoms. The lowest BCUT2D eigenvalue weighted by Crippen LogP contribution is -2.13. The van der Waals surface area contributed by atoms with Crippen LogP contribution >= 0.6 is 0 Å². The fourth-order valence-corrected chi connectivity index (χ4v) is 6.09. The van der Waals surface area contributed by atoms with E-state index in [4.69, 9.17) is 4.42 Å². The number of benzene rings is 7. The smallest absolute Gasteiger partial charge is 0.159 e. The second-order valence-electron chi connectivity index (χ2n) is 10.6. The molecular formula is C40H28N2O. The second-order valence-corrected chi connectivity index (χ2v) is 10.6. The van der Waals surface area contributed by atoms with Crippen LogP contribution in [0.3, 0.4) is 0 Å². The summed E-state index contributed by atoms with van der Waals surface area (Å²) < 4.78 is 6.80. The van der Waals surface area contributed by atoms with Gasteiger partial charge in [-0.3, -0.25) is 0 Å². The van der Waals surface area contributed by atoms with Crippen molar-refractivity contribution in [2.24, 2.45) is 0 Å². The Morgan fingerprint density at radius 3 is 1.42 bits per heavy atom. The number of fused-ring (bicyclic) bond motifs is 5. The molecule has 43 heavy (non-hydrogen) atoms. The molecule has 0 unspecified atom stereocenters. The summed E-state index contributed by atoms with van der Waals surface area (Å²) in [6.45, 7) is 0. The van der Waals surface area contributed by atoms with Crippen molar-refractivity contribution in [3.8, 4) is 0 Å². The van der Waals surface area contributed by atoms with Gasteiger partial charge in [0.15, 0.2) is 5.58 Å². The van der Waals surface area contributed by atoms with Crippen LogP contribution < -0.4 is 9.80 Å². The molecule has 204 valence electrons. The lowest BCUT2D eigenvalue weighted by Gasteiger charge is -2.29. The van der Waals surface area contributed by atoms with Crippen molar-refractivity contribution in [1.29, 1.82) is 0 Å². The van der Waals surface area contributed by atoms with Gasteiger partial charge >= 0.3 is 0 Å². The monoisotopic (exact) mass is 552 g/mol. The van der Waals surface area contributed by atoms with Gasteiger partial charge in [-0.05, 0) is 77.5 Å². The first kappa shape index (κ1) is 25.0. The van der Waals surface area contributed by atoms with Crippen LogP contribution in [0.5, 0.6) is 0 Å². The summed E-state index contributed by atoms with van der Waals surface area (Å²) in [6, 6.07) is 59.5. The predicted molar refractivity (Wildman–Crippen MR) is 181 cm³/mol. The molecule has 0 atom stereocenters. The van der Waals surface area contributed by atoms with Gasteiger partial charge in [0, 0.05) is 39.2 Å². The quantitative estimate of drug-likeness (QED) is 0.205. The van der Waals surface area contributed by atoms with Crippen molar-refractivity contribution in [2.75, 3.05) is 9.80 Å². The number of rotatable bonds is 6. The Bertz CT molecular complexity index is 2090. The van der Waals surface area contributed by atoms with Crippen molar-refractivity contribution in [1.82, 2.24) is 0 Å². The zero-order valence-electron chi connectivity index (χ0n) is 23.5. The molecule has 0 bridgehead atoms. The molecule has 0 saturated carbocycles. The Morgan fingerprint density at radius 2 is 0.860 bits per heavy atom.